The molecule has 0 bridgehead atoms. The molecule has 0 amide bonds. The molecule has 0 aromatic rings. The van der Waals surface area contributed by atoms with Crippen molar-refractivity contribution in [2.45, 2.75) is 13.8 Å². The van der Waals surface area contributed by atoms with E-state index in [2.05, 4.69) is 9.85 Å². The molecule has 0 rings (SSSR count). The normalized spacial score (nSPS) is 11.8. The fraction of sp³-hybridized carbons (Fsp3) is 0.667. The Bertz CT molecular complexity index is 118. The van der Waals surface area contributed by atoms with E-state index in [9.17, 15) is 0 Å². The van der Waals surface area contributed by atoms with Crippen LogP contribution in [0.1, 0.15) is 13.8 Å². The highest BCUT2D eigenvalue weighted by Gasteiger charge is 1.99. The summed E-state index contributed by atoms with van der Waals surface area (Å²) < 4.78 is 4.68. The van der Waals surface area contributed by atoms with Gasteiger partial charge in [0.05, 0.1) is 12.8 Å². The Morgan fingerprint density at radius 3 is 2.33 bits per heavy atom. The van der Waals surface area contributed by atoms with Crippen LogP contribution in [-0.2, 0) is 4.74 Å². The molecule has 1 N–H and O–H groups in total. The molecule has 0 atom stereocenters. The van der Waals surface area contributed by atoms with Gasteiger partial charge in [0.15, 0.2) is 0 Å². The maximum Gasteiger partial charge on any atom is 0.106 e. The molecule has 0 aliphatic rings. The summed E-state index contributed by atoms with van der Waals surface area (Å²) in [6.07, 6.45) is 1.48. The summed E-state index contributed by atoms with van der Waals surface area (Å²) in [5.74, 6) is 0.266. The van der Waals surface area contributed by atoms with Gasteiger partial charge in [0.2, 0.25) is 0 Å². The average Bonchev–Trinajstić information content (AvgIpc) is 1.82. The van der Waals surface area contributed by atoms with Crippen molar-refractivity contribution in [2.24, 2.45) is 11.0 Å². The van der Waals surface area contributed by atoms with Gasteiger partial charge in [-0.25, -0.2) is 5.53 Å². The summed E-state index contributed by atoms with van der Waals surface area (Å²) in [6, 6.07) is 0. The van der Waals surface area contributed by atoms with Crippen LogP contribution in [0.25, 0.3) is 0 Å². The fourth-order valence-corrected chi connectivity index (χ4v) is 0.412. The van der Waals surface area contributed by atoms with Gasteiger partial charge in [-0.3, -0.25) is 0 Å². The molecule has 0 heterocycles. The second-order valence-electron chi connectivity index (χ2n) is 2.04. The number of hydrogen-bond donors (Lipinski definition) is 1. The van der Waals surface area contributed by atoms with Crippen LogP contribution in [-0.4, -0.2) is 7.11 Å². The molecule has 0 saturated heterocycles. The molecule has 0 aliphatic heterocycles. The van der Waals surface area contributed by atoms with E-state index in [1.54, 1.807) is 7.11 Å². The molecule has 0 aliphatic carbocycles. The van der Waals surface area contributed by atoms with Gasteiger partial charge in [-0.1, -0.05) is 13.8 Å². The van der Waals surface area contributed by atoms with Crippen molar-refractivity contribution in [1.82, 2.24) is 0 Å². The standard InChI is InChI=1S/C6H12N2O/c1-5(2)6(8-7)4-9-3/h4-5,7H,1-3H3/b6-4-,8-7?. The van der Waals surface area contributed by atoms with Gasteiger partial charge in [-0.2, -0.15) is 5.11 Å². The third kappa shape index (κ3) is 2.85. The summed E-state index contributed by atoms with van der Waals surface area (Å²) in [5.41, 5.74) is 7.33. The zero-order valence-corrected chi connectivity index (χ0v) is 6.01. The van der Waals surface area contributed by atoms with Gasteiger partial charge in [0, 0.05) is 5.92 Å². The van der Waals surface area contributed by atoms with E-state index in [1.165, 1.54) is 6.26 Å². The van der Waals surface area contributed by atoms with Crippen LogP contribution < -0.4 is 0 Å². The molecule has 9 heavy (non-hydrogen) atoms. The lowest BCUT2D eigenvalue weighted by Crippen LogP contribution is -1.89. The lowest BCUT2D eigenvalue weighted by molar-refractivity contribution is 0.328. The first-order valence-corrected chi connectivity index (χ1v) is 2.82. The Morgan fingerprint density at radius 2 is 2.22 bits per heavy atom. The summed E-state index contributed by atoms with van der Waals surface area (Å²) in [5, 5.41) is 3.26. The Balaban J connectivity index is 3.97. The first-order valence-electron chi connectivity index (χ1n) is 2.82. The molecule has 0 unspecified atom stereocenters. The van der Waals surface area contributed by atoms with Crippen molar-refractivity contribution < 1.29 is 4.74 Å². The third-order valence-electron chi connectivity index (χ3n) is 0.959. The minimum atomic E-state index is 0.266. The van der Waals surface area contributed by atoms with Crippen molar-refractivity contribution in [3.05, 3.63) is 12.0 Å². The van der Waals surface area contributed by atoms with Crippen molar-refractivity contribution in [3.63, 3.8) is 0 Å². The van der Waals surface area contributed by atoms with Crippen LogP contribution >= 0.6 is 0 Å². The quantitative estimate of drug-likeness (QED) is 0.459. The highest BCUT2D eigenvalue weighted by atomic mass is 16.5. The van der Waals surface area contributed by atoms with Gasteiger partial charge < -0.3 is 4.74 Å². The number of ether oxygens (including phenoxy) is 1. The van der Waals surface area contributed by atoms with E-state index in [0.29, 0.717) is 5.70 Å². The Kier molecular flexibility index (Phi) is 3.67. The summed E-state index contributed by atoms with van der Waals surface area (Å²) >= 11 is 0. The molecule has 0 radical (unpaired) electrons. The summed E-state index contributed by atoms with van der Waals surface area (Å²) in [7, 11) is 1.55. The highest BCUT2D eigenvalue weighted by Crippen LogP contribution is 2.09. The van der Waals surface area contributed by atoms with E-state index in [4.69, 9.17) is 5.53 Å². The second kappa shape index (κ2) is 4.06. The summed E-state index contributed by atoms with van der Waals surface area (Å²) in [6.45, 7) is 3.92. The second-order valence-corrected chi connectivity index (χ2v) is 2.04. The number of methoxy groups -OCH3 is 1. The monoisotopic (exact) mass is 128 g/mol. The number of nitrogens with one attached hydrogen (secondary N) is 1. The summed E-state index contributed by atoms with van der Waals surface area (Å²) in [4.78, 5) is 0. The molecule has 0 fully saturated rings. The van der Waals surface area contributed by atoms with Gasteiger partial charge in [-0.15, -0.1) is 0 Å². The Labute approximate surface area is 55.2 Å². The fourth-order valence-electron chi connectivity index (χ4n) is 0.412. The number of nitrogens with zero attached hydrogens (tertiary/aromatic N) is 1. The Morgan fingerprint density at radius 1 is 1.67 bits per heavy atom. The van der Waals surface area contributed by atoms with Crippen molar-refractivity contribution in [2.75, 3.05) is 7.11 Å². The topological polar surface area (TPSA) is 45.4 Å². The van der Waals surface area contributed by atoms with Gasteiger partial charge in [0.25, 0.3) is 0 Å². The van der Waals surface area contributed by atoms with Crippen LogP contribution in [0.3, 0.4) is 0 Å². The third-order valence-corrected chi connectivity index (χ3v) is 0.959. The van der Waals surface area contributed by atoms with Gasteiger partial charge in [-0.05, 0) is 0 Å². The molecular weight excluding hydrogens is 116 g/mol. The molecule has 0 spiro atoms. The largest absolute Gasteiger partial charge is 0.502 e. The smallest absolute Gasteiger partial charge is 0.106 e. The molecule has 0 aromatic heterocycles. The van der Waals surface area contributed by atoms with Crippen molar-refractivity contribution in [1.29, 1.82) is 5.53 Å². The predicted octanol–water partition coefficient (Wildman–Crippen LogP) is 2.16. The van der Waals surface area contributed by atoms with E-state index in [0.717, 1.165) is 0 Å². The number of hydrogen-bond acceptors (Lipinski definition) is 3. The van der Waals surface area contributed by atoms with Crippen LogP contribution in [0.4, 0.5) is 0 Å². The van der Waals surface area contributed by atoms with E-state index >= 15 is 0 Å². The number of allylic oxidation sites excluding steroid dienone is 1. The minimum absolute atomic E-state index is 0.266. The zero-order valence-electron chi connectivity index (χ0n) is 6.01. The molecular formula is C6H12N2O. The predicted molar refractivity (Wildman–Crippen MR) is 35.1 cm³/mol. The van der Waals surface area contributed by atoms with Gasteiger partial charge >= 0.3 is 0 Å². The van der Waals surface area contributed by atoms with Crippen molar-refractivity contribution in [3.8, 4) is 0 Å². The molecule has 3 nitrogen and oxygen atoms in total. The maximum absolute atomic E-state index is 6.67. The van der Waals surface area contributed by atoms with E-state index in [-0.39, 0.29) is 5.92 Å². The van der Waals surface area contributed by atoms with Crippen LogP contribution in [0, 0.1) is 11.4 Å². The van der Waals surface area contributed by atoms with Crippen LogP contribution in [0.15, 0.2) is 17.1 Å². The number of rotatable bonds is 3. The van der Waals surface area contributed by atoms with Gasteiger partial charge in [0.1, 0.15) is 6.26 Å². The van der Waals surface area contributed by atoms with E-state index < -0.39 is 0 Å². The first-order chi connectivity index (χ1) is 4.22. The van der Waals surface area contributed by atoms with Crippen molar-refractivity contribution >= 4 is 0 Å². The lowest BCUT2D eigenvalue weighted by atomic mass is 10.2. The molecule has 52 valence electrons. The minimum Gasteiger partial charge on any atom is -0.502 e. The van der Waals surface area contributed by atoms with E-state index in [1.807, 2.05) is 13.8 Å². The zero-order chi connectivity index (χ0) is 7.28. The lowest BCUT2D eigenvalue weighted by Gasteiger charge is -2.00. The maximum atomic E-state index is 6.67. The SMILES string of the molecule is CO/C=C(\N=N)C(C)C. The molecule has 0 saturated carbocycles. The first kappa shape index (κ1) is 8.14. The Hall–Kier alpha value is -0.860. The van der Waals surface area contributed by atoms with Crippen LogP contribution in [0.2, 0.25) is 0 Å². The average molecular weight is 128 g/mol. The van der Waals surface area contributed by atoms with Crippen LogP contribution in [0.5, 0.6) is 0 Å². The highest BCUT2D eigenvalue weighted by molar-refractivity contribution is 4.96. The molecule has 3 heteroatoms. The molecule has 0 aromatic carbocycles.